The molecule has 2 amide bonds. The van der Waals surface area contributed by atoms with Gasteiger partial charge < -0.3 is 4.74 Å². The van der Waals surface area contributed by atoms with Gasteiger partial charge in [-0.2, -0.15) is 0 Å². The van der Waals surface area contributed by atoms with Crippen LogP contribution in [0.4, 0.5) is 4.39 Å². The molecular formula is C22H19Br2FN2O3S. The van der Waals surface area contributed by atoms with Gasteiger partial charge in [0.25, 0.3) is 11.8 Å². The van der Waals surface area contributed by atoms with Crippen molar-refractivity contribution in [2.45, 2.75) is 20.5 Å². The van der Waals surface area contributed by atoms with Crippen molar-refractivity contribution >= 4 is 67.1 Å². The van der Waals surface area contributed by atoms with E-state index in [4.69, 9.17) is 17.0 Å². The van der Waals surface area contributed by atoms with E-state index in [1.165, 1.54) is 21.9 Å². The van der Waals surface area contributed by atoms with Crippen molar-refractivity contribution in [3.63, 3.8) is 0 Å². The Kier molecular flexibility index (Phi) is 7.61. The number of amides is 2. The van der Waals surface area contributed by atoms with Gasteiger partial charge >= 0.3 is 0 Å². The maximum Gasteiger partial charge on any atom is 0.265 e. The van der Waals surface area contributed by atoms with Crippen LogP contribution >= 0.6 is 44.1 Å². The number of nitrogens with zero attached hydrogens (tertiary/aromatic N) is 2. The fraction of sp³-hybridized carbons (Fsp3) is 0.227. The van der Waals surface area contributed by atoms with E-state index in [1.54, 1.807) is 44.2 Å². The van der Waals surface area contributed by atoms with Gasteiger partial charge in [-0.15, -0.1) is 0 Å². The van der Waals surface area contributed by atoms with Gasteiger partial charge in [0, 0.05) is 18.7 Å². The summed E-state index contributed by atoms with van der Waals surface area (Å²) in [5, 5.41) is 0.219. The fourth-order valence-corrected chi connectivity index (χ4v) is 4.99. The summed E-state index contributed by atoms with van der Waals surface area (Å²) in [7, 11) is 0. The normalized spacial score (nSPS) is 14.4. The van der Waals surface area contributed by atoms with E-state index in [0.29, 0.717) is 38.9 Å². The van der Waals surface area contributed by atoms with Crippen molar-refractivity contribution in [1.82, 2.24) is 9.80 Å². The van der Waals surface area contributed by atoms with E-state index in [-0.39, 0.29) is 23.1 Å². The van der Waals surface area contributed by atoms with E-state index in [2.05, 4.69) is 31.9 Å². The van der Waals surface area contributed by atoms with Gasteiger partial charge in [-0.1, -0.05) is 18.2 Å². The zero-order valence-electron chi connectivity index (χ0n) is 16.8. The summed E-state index contributed by atoms with van der Waals surface area (Å²) in [5.41, 5.74) is 1.09. The molecule has 5 nitrogen and oxygen atoms in total. The molecule has 31 heavy (non-hydrogen) atoms. The number of hydrogen-bond acceptors (Lipinski definition) is 4. The molecule has 3 rings (SSSR count). The summed E-state index contributed by atoms with van der Waals surface area (Å²) in [6, 6.07) is 9.85. The van der Waals surface area contributed by atoms with Crippen molar-refractivity contribution in [3.05, 3.63) is 67.9 Å². The first kappa shape index (κ1) is 23.6. The number of thiocarbonyl (C=S) groups is 1. The Bertz CT molecular complexity index is 1040. The zero-order valence-corrected chi connectivity index (χ0v) is 20.8. The predicted molar refractivity (Wildman–Crippen MR) is 128 cm³/mol. The van der Waals surface area contributed by atoms with Gasteiger partial charge in [0.2, 0.25) is 0 Å². The van der Waals surface area contributed by atoms with Gasteiger partial charge in [0.1, 0.15) is 23.7 Å². The van der Waals surface area contributed by atoms with Crippen LogP contribution in [0.5, 0.6) is 5.75 Å². The molecule has 0 unspecified atom stereocenters. The number of benzene rings is 2. The first-order valence-corrected chi connectivity index (χ1v) is 11.5. The van der Waals surface area contributed by atoms with Crippen LogP contribution in [0.25, 0.3) is 6.08 Å². The third-order valence-corrected chi connectivity index (χ3v) is 6.33. The molecule has 0 radical (unpaired) electrons. The molecule has 1 aliphatic heterocycles. The molecule has 0 saturated carbocycles. The molecule has 1 heterocycles. The third kappa shape index (κ3) is 4.88. The first-order valence-electron chi connectivity index (χ1n) is 9.53. The second-order valence-electron chi connectivity index (χ2n) is 6.63. The summed E-state index contributed by atoms with van der Waals surface area (Å²) in [6.45, 7) is 4.40. The van der Waals surface area contributed by atoms with Crippen molar-refractivity contribution in [3.8, 4) is 5.75 Å². The Morgan fingerprint density at radius 3 is 2.10 bits per heavy atom. The molecule has 0 atom stereocenters. The highest BCUT2D eigenvalue weighted by atomic mass is 79.9. The quantitative estimate of drug-likeness (QED) is 0.269. The molecule has 0 aromatic heterocycles. The standard InChI is InChI=1S/C22H19Br2FN2O3S/c1-3-26-20(28)15(21(29)27(4-2)22(26)31)9-13-10-16(23)19(17(24)11-13)30-12-14-7-5-6-8-18(14)25/h5-11H,3-4,12H2,1-2H3. The fourth-order valence-electron chi connectivity index (χ4n) is 3.12. The molecular weight excluding hydrogens is 551 g/mol. The van der Waals surface area contributed by atoms with Crippen LogP contribution in [0.3, 0.4) is 0 Å². The van der Waals surface area contributed by atoms with Crippen LogP contribution in [-0.4, -0.2) is 39.8 Å². The van der Waals surface area contributed by atoms with Crippen LogP contribution in [0, 0.1) is 5.82 Å². The number of likely N-dealkylation sites (N-methyl/N-ethyl adjacent to an activating group) is 2. The SMILES string of the molecule is CCN1C(=O)C(=Cc2cc(Br)c(OCc3ccccc3F)c(Br)c2)C(=O)N(CC)C1=S. The monoisotopic (exact) mass is 568 g/mol. The summed E-state index contributed by atoms with van der Waals surface area (Å²) < 4.78 is 20.8. The Hall–Kier alpha value is -2.10. The molecule has 1 fully saturated rings. The molecule has 0 bridgehead atoms. The Morgan fingerprint density at radius 1 is 1.03 bits per heavy atom. The molecule has 9 heteroatoms. The maximum absolute atomic E-state index is 13.8. The smallest absolute Gasteiger partial charge is 0.265 e. The number of ether oxygens (including phenoxy) is 1. The Balaban J connectivity index is 1.90. The van der Waals surface area contributed by atoms with Gasteiger partial charge in [0.15, 0.2) is 5.11 Å². The second-order valence-corrected chi connectivity index (χ2v) is 8.71. The zero-order chi connectivity index (χ0) is 22.7. The molecule has 1 saturated heterocycles. The summed E-state index contributed by atoms with van der Waals surface area (Å²) in [5.74, 6) is -0.703. The number of rotatable bonds is 6. The van der Waals surface area contributed by atoms with Crippen molar-refractivity contribution in [2.24, 2.45) is 0 Å². The van der Waals surface area contributed by atoms with E-state index in [9.17, 15) is 14.0 Å². The number of carbonyl (C=O) groups is 2. The highest BCUT2D eigenvalue weighted by molar-refractivity contribution is 9.11. The molecule has 1 aliphatic rings. The lowest BCUT2D eigenvalue weighted by molar-refractivity contribution is -0.133. The molecule has 2 aromatic carbocycles. The van der Waals surface area contributed by atoms with Gasteiger partial charge in [-0.05, 0) is 87.8 Å². The lowest BCUT2D eigenvalue weighted by atomic mass is 10.1. The van der Waals surface area contributed by atoms with Crippen LogP contribution in [-0.2, 0) is 16.2 Å². The number of hydrogen-bond donors (Lipinski definition) is 0. The minimum atomic E-state index is -0.422. The minimum Gasteiger partial charge on any atom is -0.486 e. The Labute approximate surface area is 202 Å². The second kappa shape index (κ2) is 10.0. The van der Waals surface area contributed by atoms with Gasteiger partial charge in [-0.3, -0.25) is 19.4 Å². The average molecular weight is 570 g/mol. The van der Waals surface area contributed by atoms with Crippen LogP contribution in [0.15, 0.2) is 50.9 Å². The summed E-state index contributed by atoms with van der Waals surface area (Å²) >= 11 is 12.2. The molecule has 162 valence electrons. The summed E-state index contributed by atoms with van der Waals surface area (Å²) in [6.07, 6.45) is 1.54. The summed E-state index contributed by atoms with van der Waals surface area (Å²) in [4.78, 5) is 28.4. The minimum absolute atomic E-state index is 0.0381. The third-order valence-electron chi connectivity index (χ3n) is 4.71. The highest BCUT2D eigenvalue weighted by Gasteiger charge is 2.37. The van der Waals surface area contributed by atoms with E-state index in [1.807, 2.05) is 0 Å². The van der Waals surface area contributed by atoms with Crippen molar-refractivity contribution in [1.29, 1.82) is 0 Å². The number of halogens is 3. The van der Waals surface area contributed by atoms with Crippen molar-refractivity contribution in [2.75, 3.05) is 13.1 Å². The largest absolute Gasteiger partial charge is 0.486 e. The van der Waals surface area contributed by atoms with Crippen LogP contribution in [0.1, 0.15) is 25.0 Å². The first-order chi connectivity index (χ1) is 14.8. The van der Waals surface area contributed by atoms with Gasteiger partial charge in [0.05, 0.1) is 8.95 Å². The van der Waals surface area contributed by atoms with Crippen LogP contribution in [0.2, 0.25) is 0 Å². The maximum atomic E-state index is 13.8. The topological polar surface area (TPSA) is 49.9 Å². The predicted octanol–water partition coefficient (Wildman–Crippen LogP) is 5.31. The molecule has 0 aliphatic carbocycles. The van der Waals surface area contributed by atoms with E-state index in [0.717, 1.165) is 0 Å². The van der Waals surface area contributed by atoms with E-state index >= 15 is 0 Å². The number of carbonyl (C=O) groups excluding carboxylic acids is 2. The molecule has 0 N–H and O–H groups in total. The van der Waals surface area contributed by atoms with Crippen LogP contribution < -0.4 is 4.74 Å². The average Bonchev–Trinajstić information content (AvgIpc) is 2.72. The Morgan fingerprint density at radius 2 is 1.58 bits per heavy atom. The molecule has 0 spiro atoms. The lowest BCUT2D eigenvalue weighted by Gasteiger charge is -2.35. The lowest BCUT2D eigenvalue weighted by Crippen LogP contribution is -2.55. The molecule has 2 aromatic rings. The highest BCUT2D eigenvalue weighted by Crippen LogP contribution is 2.36. The van der Waals surface area contributed by atoms with Crippen molar-refractivity contribution < 1.29 is 18.7 Å². The van der Waals surface area contributed by atoms with Gasteiger partial charge in [-0.25, -0.2) is 4.39 Å². The van der Waals surface area contributed by atoms with E-state index < -0.39 is 11.8 Å².